The summed E-state index contributed by atoms with van der Waals surface area (Å²) in [6.07, 6.45) is 6.37. The van der Waals surface area contributed by atoms with Gasteiger partial charge in [-0.15, -0.1) is 0 Å². The normalized spacial score (nSPS) is 21.0. The quantitative estimate of drug-likeness (QED) is 0.495. The standard InChI is InChI=1S/C16H30O4/c1-4-16(2,3)19-12-8-6-5-7-9-13(17)14-10-11-15(18)20-14/h13-14,17H,4-12H2,1-3H3/t13-,14-/m0/s1. The van der Waals surface area contributed by atoms with Gasteiger partial charge in [0, 0.05) is 13.0 Å². The van der Waals surface area contributed by atoms with Gasteiger partial charge in [-0.05, 0) is 39.5 Å². The van der Waals surface area contributed by atoms with Crippen LogP contribution in [0.2, 0.25) is 0 Å². The maximum atomic E-state index is 11.0. The highest BCUT2D eigenvalue weighted by molar-refractivity contribution is 5.71. The Morgan fingerprint density at radius 2 is 2.05 bits per heavy atom. The Hall–Kier alpha value is -0.610. The zero-order chi connectivity index (χ0) is 15.0. The van der Waals surface area contributed by atoms with Crippen molar-refractivity contribution >= 4 is 5.97 Å². The van der Waals surface area contributed by atoms with Gasteiger partial charge < -0.3 is 14.6 Å². The summed E-state index contributed by atoms with van der Waals surface area (Å²) in [5.74, 6) is -0.176. The van der Waals surface area contributed by atoms with E-state index in [-0.39, 0.29) is 17.7 Å². The third kappa shape index (κ3) is 6.71. The van der Waals surface area contributed by atoms with Gasteiger partial charge in [-0.25, -0.2) is 0 Å². The summed E-state index contributed by atoms with van der Waals surface area (Å²) >= 11 is 0. The van der Waals surface area contributed by atoms with E-state index in [0.29, 0.717) is 12.8 Å². The molecule has 1 aliphatic heterocycles. The van der Waals surface area contributed by atoms with Crippen LogP contribution in [0.3, 0.4) is 0 Å². The second kappa shape index (κ2) is 8.63. The van der Waals surface area contributed by atoms with Crippen LogP contribution < -0.4 is 0 Å². The fourth-order valence-corrected chi connectivity index (χ4v) is 2.26. The van der Waals surface area contributed by atoms with Crippen LogP contribution in [0.25, 0.3) is 0 Å². The van der Waals surface area contributed by atoms with Crippen LogP contribution in [-0.2, 0) is 14.3 Å². The number of aliphatic hydroxyl groups is 1. The number of unbranched alkanes of at least 4 members (excludes halogenated alkanes) is 3. The summed E-state index contributed by atoms with van der Waals surface area (Å²) in [6.45, 7) is 7.18. The molecule has 0 aromatic rings. The number of hydrogen-bond donors (Lipinski definition) is 1. The first-order valence-electron chi connectivity index (χ1n) is 7.96. The van der Waals surface area contributed by atoms with Crippen molar-refractivity contribution in [3.8, 4) is 0 Å². The van der Waals surface area contributed by atoms with E-state index in [1.165, 1.54) is 0 Å². The molecule has 1 fully saturated rings. The summed E-state index contributed by atoms with van der Waals surface area (Å²) in [4.78, 5) is 11.0. The molecule has 0 bridgehead atoms. The fourth-order valence-electron chi connectivity index (χ4n) is 2.26. The largest absolute Gasteiger partial charge is 0.460 e. The Morgan fingerprint density at radius 1 is 1.35 bits per heavy atom. The summed E-state index contributed by atoms with van der Waals surface area (Å²) in [5, 5.41) is 9.91. The summed E-state index contributed by atoms with van der Waals surface area (Å²) in [6, 6.07) is 0. The van der Waals surface area contributed by atoms with E-state index in [9.17, 15) is 9.90 Å². The number of carbonyl (C=O) groups excluding carboxylic acids is 1. The van der Waals surface area contributed by atoms with Crippen molar-refractivity contribution in [2.45, 2.75) is 89.9 Å². The highest BCUT2D eigenvalue weighted by atomic mass is 16.6. The van der Waals surface area contributed by atoms with Gasteiger partial charge in [0.25, 0.3) is 0 Å². The lowest BCUT2D eigenvalue weighted by Gasteiger charge is -2.23. The topological polar surface area (TPSA) is 55.8 Å². The van der Waals surface area contributed by atoms with E-state index >= 15 is 0 Å². The zero-order valence-electron chi connectivity index (χ0n) is 13.2. The van der Waals surface area contributed by atoms with Crippen LogP contribution in [0.5, 0.6) is 0 Å². The van der Waals surface area contributed by atoms with Crippen molar-refractivity contribution in [2.75, 3.05) is 6.61 Å². The van der Waals surface area contributed by atoms with E-state index in [4.69, 9.17) is 9.47 Å². The number of cyclic esters (lactones) is 1. The number of carbonyl (C=O) groups is 1. The molecule has 0 aliphatic carbocycles. The van der Waals surface area contributed by atoms with Gasteiger partial charge in [-0.3, -0.25) is 4.79 Å². The number of esters is 1. The fraction of sp³-hybridized carbons (Fsp3) is 0.938. The number of ether oxygens (including phenoxy) is 2. The molecule has 0 amide bonds. The molecule has 1 heterocycles. The molecule has 1 rings (SSSR count). The third-order valence-corrected chi connectivity index (χ3v) is 4.08. The van der Waals surface area contributed by atoms with Crippen molar-refractivity contribution in [1.29, 1.82) is 0 Å². The number of hydrogen-bond acceptors (Lipinski definition) is 4. The average Bonchev–Trinajstić information content (AvgIpc) is 2.84. The second-order valence-corrected chi connectivity index (χ2v) is 6.30. The van der Waals surface area contributed by atoms with Crippen molar-refractivity contribution in [2.24, 2.45) is 0 Å². The molecule has 118 valence electrons. The highest BCUT2D eigenvalue weighted by Gasteiger charge is 2.29. The molecule has 0 aromatic carbocycles. The molecule has 1 N–H and O–H groups in total. The molecular formula is C16H30O4. The molecule has 2 atom stereocenters. The molecule has 1 saturated heterocycles. The van der Waals surface area contributed by atoms with E-state index in [2.05, 4.69) is 20.8 Å². The highest BCUT2D eigenvalue weighted by Crippen LogP contribution is 2.20. The molecule has 4 nitrogen and oxygen atoms in total. The van der Waals surface area contributed by atoms with E-state index in [1.54, 1.807) is 0 Å². The first-order chi connectivity index (χ1) is 9.44. The maximum Gasteiger partial charge on any atom is 0.306 e. The summed E-state index contributed by atoms with van der Waals surface area (Å²) in [7, 11) is 0. The SMILES string of the molecule is CCC(C)(C)OCCCCCC[C@H](O)[C@@H]1CCC(=O)O1. The Kier molecular flexibility index (Phi) is 7.52. The van der Waals surface area contributed by atoms with Gasteiger partial charge in [0.2, 0.25) is 0 Å². The predicted octanol–water partition coefficient (Wildman–Crippen LogP) is 3.21. The lowest BCUT2D eigenvalue weighted by Crippen LogP contribution is -2.25. The van der Waals surface area contributed by atoms with Gasteiger partial charge in [0.1, 0.15) is 6.10 Å². The second-order valence-electron chi connectivity index (χ2n) is 6.30. The molecule has 0 saturated carbocycles. The molecule has 0 unspecified atom stereocenters. The van der Waals surface area contributed by atoms with Gasteiger partial charge >= 0.3 is 5.97 Å². The molecule has 0 spiro atoms. The zero-order valence-corrected chi connectivity index (χ0v) is 13.2. The first-order valence-corrected chi connectivity index (χ1v) is 7.96. The van der Waals surface area contributed by atoms with E-state index in [0.717, 1.165) is 45.1 Å². The summed E-state index contributed by atoms with van der Waals surface area (Å²) in [5.41, 5.74) is -0.0114. The van der Waals surface area contributed by atoms with Gasteiger partial charge in [0.15, 0.2) is 0 Å². The summed E-state index contributed by atoms with van der Waals surface area (Å²) < 4.78 is 10.9. The van der Waals surface area contributed by atoms with Gasteiger partial charge in [0.05, 0.1) is 11.7 Å². The van der Waals surface area contributed by atoms with E-state index in [1.807, 2.05) is 0 Å². The smallest absolute Gasteiger partial charge is 0.306 e. The van der Waals surface area contributed by atoms with Crippen LogP contribution in [0.4, 0.5) is 0 Å². The Balaban J connectivity index is 1.95. The van der Waals surface area contributed by atoms with Crippen molar-refractivity contribution in [3.05, 3.63) is 0 Å². The Bertz CT molecular complexity index is 288. The minimum Gasteiger partial charge on any atom is -0.460 e. The Morgan fingerprint density at radius 3 is 2.65 bits per heavy atom. The minimum atomic E-state index is -0.489. The molecule has 1 aliphatic rings. The molecule has 20 heavy (non-hydrogen) atoms. The van der Waals surface area contributed by atoms with Crippen molar-refractivity contribution < 1.29 is 19.4 Å². The minimum absolute atomic E-state index is 0.0114. The van der Waals surface area contributed by atoms with Crippen LogP contribution in [0.1, 0.15) is 72.1 Å². The van der Waals surface area contributed by atoms with Crippen LogP contribution >= 0.6 is 0 Å². The van der Waals surface area contributed by atoms with Crippen molar-refractivity contribution in [3.63, 3.8) is 0 Å². The number of aliphatic hydroxyl groups excluding tert-OH is 1. The predicted molar refractivity (Wildman–Crippen MR) is 78.5 cm³/mol. The number of rotatable bonds is 10. The van der Waals surface area contributed by atoms with E-state index < -0.39 is 6.10 Å². The first kappa shape index (κ1) is 17.4. The molecule has 4 heteroatoms. The Labute approximate surface area is 122 Å². The third-order valence-electron chi connectivity index (χ3n) is 4.08. The lowest BCUT2D eigenvalue weighted by molar-refractivity contribution is -0.145. The molecule has 0 radical (unpaired) electrons. The molecule has 0 aromatic heterocycles. The van der Waals surface area contributed by atoms with Crippen molar-refractivity contribution in [1.82, 2.24) is 0 Å². The maximum absolute atomic E-state index is 11.0. The molecular weight excluding hydrogens is 256 g/mol. The van der Waals surface area contributed by atoms with Crippen LogP contribution in [-0.4, -0.2) is 35.5 Å². The van der Waals surface area contributed by atoms with Crippen LogP contribution in [0, 0.1) is 0 Å². The average molecular weight is 286 g/mol. The lowest BCUT2D eigenvalue weighted by atomic mass is 10.0. The van der Waals surface area contributed by atoms with Gasteiger partial charge in [-0.1, -0.05) is 26.2 Å². The van der Waals surface area contributed by atoms with Crippen LogP contribution in [0.15, 0.2) is 0 Å². The van der Waals surface area contributed by atoms with Gasteiger partial charge in [-0.2, -0.15) is 0 Å². The monoisotopic (exact) mass is 286 g/mol.